The van der Waals surface area contributed by atoms with Crippen LogP contribution in [0.25, 0.3) is 0 Å². The van der Waals surface area contributed by atoms with Crippen molar-refractivity contribution in [2.45, 2.75) is 38.6 Å². The maximum Gasteiger partial charge on any atom is 0.0948 e. The highest BCUT2D eigenvalue weighted by molar-refractivity contribution is 7.09. The third-order valence-corrected chi connectivity index (χ3v) is 4.10. The second-order valence-corrected chi connectivity index (χ2v) is 7.08. The molecule has 0 aliphatic heterocycles. The van der Waals surface area contributed by atoms with Crippen LogP contribution in [0.5, 0.6) is 0 Å². The van der Waals surface area contributed by atoms with Crippen LogP contribution in [0.1, 0.15) is 43.2 Å². The highest BCUT2D eigenvalue weighted by Crippen LogP contribution is 2.26. The van der Waals surface area contributed by atoms with E-state index < -0.39 is 0 Å². The predicted octanol–water partition coefficient (Wildman–Crippen LogP) is 3.24. The minimum Gasteiger partial charge on any atom is -0.271 e. The Bertz CT molecular complexity index is 559. The Labute approximate surface area is 128 Å². The third kappa shape index (κ3) is 3.76. The molecule has 2 rings (SSSR count). The van der Waals surface area contributed by atoms with E-state index in [4.69, 9.17) is 17.4 Å². The van der Waals surface area contributed by atoms with Gasteiger partial charge in [0.2, 0.25) is 0 Å². The first-order chi connectivity index (χ1) is 9.40. The molecule has 2 heterocycles. The van der Waals surface area contributed by atoms with Crippen molar-refractivity contribution in [1.82, 2.24) is 15.4 Å². The zero-order valence-corrected chi connectivity index (χ0v) is 13.4. The fraction of sp³-hybridized carbons (Fsp3) is 0.429. The first-order valence-electron chi connectivity index (χ1n) is 6.42. The summed E-state index contributed by atoms with van der Waals surface area (Å²) in [6.45, 7) is 6.47. The van der Waals surface area contributed by atoms with Crippen LogP contribution in [-0.2, 0) is 11.8 Å². The highest BCUT2D eigenvalue weighted by atomic mass is 35.5. The van der Waals surface area contributed by atoms with Gasteiger partial charge in [0.15, 0.2) is 0 Å². The van der Waals surface area contributed by atoms with Crippen molar-refractivity contribution in [3.05, 3.63) is 45.1 Å². The number of nitrogens with zero attached hydrogens (tertiary/aromatic N) is 2. The Morgan fingerprint density at radius 1 is 1.40 bits per heavy atom. The number of hydrazine groups is 1. The SMILES string of the molecule is CC(C)(C)c1csc(CC(NN)c2ccc(Cl)cn2)n1. The molecular formula is C14H19ClN4S. The minimum absolute atomic E-state index is 0.0637. The quantitative estimate of drug-likeness (QED) is 0.672. The van der Waals surface area contributed by atoms with Gasteiger partial charge in [-0.05, 0) is 12.1 Å². The summed E-state index contributed by atoms with van der Waals surface area (Å²) in [5.41, 5.74) is 4.84. The predicted molar refractivity (Wildman–Crippen MR) is 83.8 cm³/mol. The van der Waals surface area contributed by atoms with E-state index in [2.05, 4.69) is 41.5 Å². The van der Waals surface area contributed by atoms with E-state index in [9.17, 15) is 0 Å². The molecule has 2 aromatic rings. The molecule has 1 atom stereocenters. The lowest BCUT2D eigenvalue weighted by Crippen LogP contribution is -2.30. The van der Waals surface area contributed by atoms with Crippen LogP contribution in [0, 0.1) is 0 Å². The van der Waals surface area contributed by atoms with E-state index >= 15 is 0 Å². The number of hydrogen-bond acceptors (Lipinski definition) is 5. The van der Waals surface area contributed by atoms with Crippen molar-refractivity contribution in [3.8, 4) is 0 Å². The van der Waals surface area contributed by atoms with Crippen LogP contribution in [0.2, 0.25) is 5.02 Å². The van der Waals surface area contributed by atoms with E-state index in [0.29, 0.717) is 11.4 Å². The van der Waals surface area contributed by atoms with Gasteiger partial charge in [0.05, 0.1) is 27.5 Å². The summed E-state index contributed by atoms with van der Waals surface area (Å²) in [5, 5.41) is 3.78. The maximum absolute atomic E-state index is 5.85. The Hall–Kier alpha value is -1.01. The largest absolute Gasteiger partial charge is 0.271 e. The summed E-state index contributed by atoms with van der Waals surface area (Å²) in [5.74, 6) is 5.64. The molecule has 0 aliphatic carbocycles. The fourth-order valence-electron chi connectivity index (χ4n) is 1.77. The zero-order valence-electron chi connectivity index (χ0n) is 11.9. The first kappa shape index (κ1) is 15.4. The van der Waals surface area contributed by atoms with Crippen LogP contribution in [-0.4, -0.2) is 9.97 Å². The van der Waals surface area contributed by atoms with E-state index in [-0.39, 0.29) is 11.5 Å². The van der Waals surface area contributed by atoms with Crippen molar-refractivity contribution in [3.63, 3.8) is 0 Å². The van der Waals surface area contributed by atoms with Gasteiger partial charge in [-0.3, -0.25) is 16.3 Å². The van der Waals surface area contributed by atoms with Gasteiger partial charge in [-0.2, -0.15) is 0 Å². The molecule has 6 heteroatoms. The van der Waals surface area contributed by atoms with Gasteiger partial charge in [-0.1, -0.05) is 32.4 Å². The van der Waals surface area contributed by atoms with Gasteiger partial charge in [0.25, 0.3) is 0 Å². The molecule has 0 aliphatic rings. The van der Waals surface area contributed by atoms with Crippen molar-refractivity contribution in [1.29, 1.82) is 0 Å². The lowest BCUT2D eigenvalue weighted by Gasteiger charge is -2.15. The molecule has 4 nitrogen and oxygen atoms in total. The lowest BCUT2D eigenvalue weighted by molar-refractivity contribution is 0.530. The molecule has 0 saturated carbocycles. The number of hydrogen-bond donors (Lipinski definition) is 2. The van der Waals surface area contributed by atoms with Crippen molar-refractivity contribution >= 4 is 22.9 Å². The fourth-order valence-corrected chi connectivity index (χ4v) is 2.95. The number of pyridine rings is 1. The van der Waals surface area contributed by atoms with Crippen LogP contribution < -0.4 is 11.3 Å². The molecule has 108 valence electrons. The number of thiazole rings is 1. The molecule has 1 unspecified atom stereocenters. The Morgan fingerprint density at radius 3 is 2.65 bits per heavy atom. The zero-order chi connectivity index (χ0) is 14.8. The van der Waals surface area contributed by atoms with Crippen LogP contribution in [0.4, 0.5) is 0 Å². The smallest absolute Gasteiger partial charge is 0.0948 e. The number of nitrogens with one attached hydrogen (secondary N) is 1. The normalized spacial score (nSPS) is 13.4. The van der Waals surface area contributed by atoms with E-state index in [1.165, 1.54) is 0 Å². The summed E-state index contributed by atoms with van der Waals surface area (Å²) in [6.07, 6.45) is 2.34. The number of halogens is 1. The third-order valence-electron chi connectivity index (χ3n) is 3.01. The minimum atomic E-state index is -0.0637. The second-order valence-electron chi connectivity index (χ2n) is 5.70. The maximum atomic E-state index is 5.85. The average molecular weight is 311 g/mol. The van der Waals surface area contributed by atoms with Gasteiger partial charge in [0.1, 0.15) is 0 Å². The molecule has 0 radical (unpaired) electrons. The molecule has 0 amide bonds. The molecule has 3 N–H and O–H groups in total. The summed E-state index contributed by atoms with van der Waals surface area (Å²) >= 11 is 7.51. The van der Waals surface area contributed by atoms with Gasteiger partial charge in [0, 0.05) is 23.4 Å². The number of nitrogens with two attached hydrogens (primary N) is 1. The first-order valence-corrected chi connectivity index (χ1v) is 7.68. The van der Waals surface area contributed by atoms with Gasteiger partial charge in [-0.15, -0.1) is 11.3 Å². The molecular weight excluding hydrogens is 292 g/mol. The molecule has 0 saturated heterocycles. The van der Waals surface area contributed by atoms with Crippen molar-refractivity contribution in [2.24, 2.45) is 5.84 Å². The van der Waals surface area contributed by atoms with E-state index in [1.807, 2.05) is 12.1 Å². The van der Waals surface area contributed by atoms with Crippen molar-refractivity contribution < 1.29 is 0 Å². The molecule has 0 spiro atoms. The van der Waals surface area contributed by atoms with E-state index in [0.717, 1.165) is 16.4 Å². The van der Waals surface area contributed by atoms with Crippen molar-refractivity contribution in [2.75, 3.05) is 0 Å². The summed E-state index contributed by atoms with van der Waals surface area (Å²) in [7, 11) is 0. The van der Waals surface area contributed by atoms with E-state index in [1.54, 1.807) is 17.5 Å². The monoisotopic (exact) mass is 310 g/mol. The Balaban J connectivity index is 2.14. The highest BCUT2D eigenvalue weighted by Gasteiger charge is 2.19. The van der Waals surface area contributed by atoms with Gasteiger partial charge >= 0.3 is 0 Å². The second kappa shape index (κ2) is 6.18. The summed E-state index contributed by atoms with van der Waals surface area (Å²) in [6, 6.07) is 3.63. The van der Waals surface area contributed by atoms with Gasteiger partial charge in [-0.25, -0.2) is 4.98 Å². The van der Waals surface area contributed by atoms with Crippen LogP contribution in [0.15, 0.2) is 23.7 Å². The average Bonchev–Trinajstić information content (AvgIpc) is 2.85. The van der Waals surface area contributed by atoms with Gasteiger partial charge < -0.3 is 0 Å². The molecule has 0 bridgehead atoms. The Morgan fingerprint density at radius 2 is 2.15 bits per heavy atom. The lowest BCUT2D eigenvalue weighted by atomic mass is 9.93. The number of aromatic nitrogens is 2. The summed E-state index contributed by atoms with van der Waals surface area (Å²) < 4.78 is 0. The van der Waals surface area contributed by atoms with Crippen LogP contribution >= 0.6 is 22.9 Å². The molecule has 0 aromatic carbocycles. The van der Waals surface area contributed by atoms with Crippen LogP contribution in [0.3, 0.4) is 0 Å². The standard InChI is InChI=1S/C14H19ClN4S/c1-14(2,3)12-8-20-13(18-12)6-11(19-16)10-5-4-9(15)7-17-10/h4-5,7-8,11,19H,6,16H2,1-3H3. The number of rotatable bonds is 4. The molecule has 20 heavy (non-hydrogen) atoms. The molecule has 0 fully saturated rings. The Kier molecular flexibility index (Phi) is 4.75. The molecule has 2 aromatic heterocycles. The summed E-state index contributed by atoms with van der Waals surface area (Å²) in [4.78, 5) is 8.99. The topological polar surface area (TPSA) is 63.8 Å².